The smallest absolute Gasteiger partial charge is 0.276 e. The number of rotatable bonds is 5. The van der Waals surface area contributed by atoms with E-state index in [4.69, 9.17) is 11.6 Å². The van der Waals surface area contributed by atoms with Gasteiger partial charge >= 0.3 is 0 Å². The molecule has 0 aliphatic carbocycles. The van der Waals surface area contributed by atoms with E-state index < -0.39 is 10.0 Å². The van der Waals surface area contributed by atoms with Crippen LogP contribution in [0.25, 0.3) is 11.3 Å². The van der Waals surface area contributed by atoms with E-state index in [-0.39, 0.29) is 10.7 Å². The Bertz CT molecular complexity index is 999. The second-order valence-electron chi connectivity index (χ2n) is 5.01. The van der Waals surface area contributed by atoms with Crippen LogP contribution in [0, 0.1) is 5.82 Å². The van der Waals surface area contributed by atoms with Crippen LogP contribution in [0.3, 0.4) is 0 Å². The fourth-order valence-corrected chi connectivity index (χ4v) is 2.99. The highest BCUT2D eigenvalue weighted by Crippen LogP contribution is 2.20. The molecule has 0 saturated carbocycles. The van der Waals surface area contributed by atoms with E-state index in [0.29, 0.717) is 21.8 Å². The molecule has 3 rings (SSSR count). The third-order valence-corrected chi connectivity index (χ3v) is 4.79. The van der Waals surface area contributed by atoms with E-state index in [2.05, 4.69) is 20.1 Å². The number of aromatic amines is 1. The number of aromatic nitrogens is 2. The summed E-state index contributed by atoms with van der Waals surface area (Å²) in [6.07, 6.45) is 2.80. The Hall–Kier alpha value is -2.71. The molecule has 0 radical (unpaired) electrons. The van der Waals surface area contributed by atoms with Gasteiger partial charge < -0.3 is 0 Å². The van der Waals surface area contributed by atoms with E-state index in [1.807, 2.05) is 0 Å². The molecule has 0 atom stereocenters. The first-order valence-electron chi connectivity index (χ1n) is 7.05. The number of nitrogens with one attached hydrogen (secondary N) is 2. The predicted molar refractivity (Wildman–Crippen MR) is 93.3 cm³/mol. The van der Waals surface area contributed by atoms with Crippen molar-refractivity contribution < 1.29 is 12.8 Å². The largest absolute Gasteiger partial charge is 0.277 e. The van der Waals surface area contributed by atoms with Gasteiger partial charge in [-0.15, -0.1) is 0 Å². The van der Waals surface area contributed by atoms with E-state index in [0.717, 1.165) is 0 Å². The van der Waals surface area contributed by atoms with E-state index in [1.54, 1.807) is 12.1 Å². The van der Waals surface area contributed by atoms with Crippen molar-refractivity contribution in [2.75, 3.05) is 0 Å². The zero-order valence-electron chi connectivity index (χ0n) is 12.6. The van der Waals surface area contributed by atoms with Crippen molar-refractivity contribution in [2.24, 2.45) is 5.10 Å². The molecule has 9 heteroatoms. The van der Waals surface area contributed by atoms with Crippen molar-refractivity contribution in [3.05, 3.63) is 71.1 Å². The summed E-state index contributed by atoms with van der Waals surface area (Å²) < 4.78 is 37.3. The average molecular weight is 379 g/mol. The molecule has 3 aromatic rings. The molecule has 1 aromatic heterocycles. The van der Waals surface area contributed by atoms with Crippen LogP contribution in [0.2, 0.25) is 5.02 Å². The topological polar surface area (TPSA) is 87.2 Å². The van der Waals surface area contributed by atoms with Crippen LogP contribution in [-0.4, -0.2) is 24.8 Å². The molecule has 1 heterocycles. The fourth-order valence-electron chi connectivity index (χ4n) is 2.07. The lowest BCUT2D eigenvalue weighted by Crippen LogP contribution is -2.18. The van der Waals surface area contributed by atoms with Crippen LogP contribution in [0.15, 0.2) is 64.7 Å². The van der Waals surface area contributed by atoms with Crippen molar-refractivity contribution in [1.82, 2.24) is 15.0 Å². The number of benzene rings is 2. The third-order valence-electron chi connectivity index (χ3n) is 3.30. The van der Waals surface area contributed by atoms with Crippen molar-refractivity contribution in [3.8, 4) is 11.3 Å². The normalized spacial score (nSPS) is 11.8. The molecule has 2 N–H and O–H groups in total. The number of hydrogen-bond acceptors (Lipinski definition) is 4. The van der Waals surface area contributed by atoms with Gasteiger partial charge in [-0.05, 0) is 48.5 Å². The summed E-state index contributed by atoms with van der Waals surface area (Å²) in [5.74, 6) is -0.353. The van der Waals surface area contributed by atoms with Gasteiger partial charge in [-0.3, -0.25) is 5.10 Å². The van der Waals surface area contributed by atoms with Crippen LogP contribution in [-0.2, 0) is 10.0 Å². The quantitative estimate of drug-likeness (QED) is 0.528. The Morgan fingerprint density at radius 1 is 1.12 bits per heavy atom. The number of hydrogen-bond donors (Lipinski definition) is 2. The molecule has 0 spiro atoms. The molecule has 0 amide bonds. The minimum atomic E-state index is -3.80. The summed E-state index contributed by atoms with van der Waals surface area (Å²) in [6.45, 7) is 0. The highest BCUT2D eigenvalue weighted by Gasteiger charge is 2.12. The molecule has 0 fully saturated rings. The lowest BCUT2D eigenvalue weighted by molar-refractivity contribution is 0.584. The summed E-state index contributed by atoms with van der Waals surface area (Å²) in [5, 5.41) is 10.9. The number of halogens is 2. The Balaban J connectivity index is 1.78. The zero-order chi connectivity index (χ0) is 17.9. The maximum Gasteiger partial charge on any atom is 0.276 e. The van der Waals surface area contributed by atoms with Crippen LogP contribution in [0.5, 0.6) is 0 Å². The fraction of sp³-hybridized carbons (Fsp3) is 0. The molecule has 0 aliphatic rings. The van der Waals surface area contributed by atoms with Gasteiger partial charge in [-0.25, -0.2) is 9.22 Å². The van der Waals surface area contributed by atoms with Crippen LogP contribution >= 0.6 is 11.6 Å². The second-order valence-corrected chi connectivity index (χ2v) is 7.11. The maximum absolute atomic E-state index is 13.0. The zero-order valence-corrected chi connectivity index (χ0v) is 14.2. The molecule has 0 unspecified atom stereocenters. The Morgan fingerprint density at radius 2 is 1.80 bits per heavy atom. The minimum Gasteiger partial charge on any atom is -0.277 e. The SMILES string of the molecule is O=S(=O)(NN=Cc1cn[nH]c1-c1ccc(F)cc1)c1ccc(Cl)cc1. The summed E-state index contributed by atoms with van der Waals surface area (Å²) in [6, 6.07) is 11.5. The van der Waals surface area contributed by atoms with Gasteiger partial charge in [-0.2, -0.15) is 18.6 Å². The molecule has 6 nitrogen and oxygen atoms in total. The van der Waals surface area contributed by atoms with Crippen LogP contribution in [0.4, 0.5) is 4.39 Å². The van der Waals surface area contributed by atoms with Crippen molar-refractivity contribution in [3.63, 3.8) is 0 Å². The van der Waals surface area contributed by atoms with Gasteiger partial charge in [0.1, 0.15) is 5.82 Å². The summed E-state index contributed by atoms with van der Waals surface area (Å²) in [7, 11) is -3.80. The minimum absolute atomic E-state index is 0.0417. The Morgan fingerprint density at radius 3 is 2.48 bits per heavy atom. The van der Waals surface area contributed by atoms with Gasteiger partial charge in [0.15, 0.2) is 0 Å². The first-order valence-corrected chi connectivity index (χ1v) is 8.91. The predicted octanol–water partition coefficient (Wildman–Crippen LogP) is 3.18. The summed E-state index contributed by atoms with van der Waals surface area (Å²) in [4.78, 5) is 2.16. The van der Waals surface area contributed by atoms with Crippen LogP contribution in [0.1, 0.15) is 5.56 Å². The van der Waals surface area contributed by atoms with Gasteiger partial charge in [0.05, 0.1) is 23.0 Å². The third kappa shape index (κ3) is 4.04. The lowest BCUT2D eigenvalue weighted by Gasteiger charge is -2.03. The number of nitrogens with zero attached hydrogens (tertiary/aromatic N) is 2. The molecular formula is C16H12ClFN4O2S. The van der Waals surface area contributed by atoms with Gasteiger partial charge in [0.25, 0.3) is 10.0 Å². The molecule has 128 valence electrons. The monoisotopic (exact) mass is 378 g/mol. The molecule has 0 bridgehead atoms. The number of H-pyrrole nitrogens is 1. The molecule has 0 saturated heterocycles. The standard InChI is InChI=1S/C16H12ClFN4O2S/c17-13-3-7-15(8-4-13)25(23,24)22-20-10-12-9-19-21-16(12)11-1-5-14(18)6-2-11/h1-10,22H,(H,19,21). The summed E-state index contributed by atoms with van der Waals surface area (Å²) >= 11 is 5.74. The molecule has 2 aromatic carbocycles. The van der Waals surface area contributed by atoms with E-state index in [1.165, 1.54) is 48.8 Å². The Kier molecular flexibility index (Phi) is 4.82. The summed E-state index contributed by atoms with van der Waals surface area (Å²) in [5.41, 5.74) is 1.83. The van der Waals surface area contributed by atoms with E-state index in [9.17, 15) is 12.8 Å². The Labute approximate surface area is 148 Å². The van der Waals surface area contributed by atoms with Gasteiger partial charge in [0, 0.05) is 16.1 Å². The van der Waals surface area contributed by atoms with Crippen LogP contribution < -0.4 is 4.83 Å². The molecule has 0 aliphatic heterocycles. The molecule has 25 heavy (non-hydrogen) atoms. The highest BCUT2D eigenvalue weighted by atomic mass is 35.5. The van der Waals surface area contributed by atoms with Gasteiger partial charge in [-0.1, -0.05) is 11.6 Å². The van der Waals surface area contributed by atoms with Crippen molar-refractivity contribution in [2.45, 2.75) is 4.90 Å². The highest BCUT2D eigenvalue weighted by molar-refractivity contribution is 7.89. The van der Waals surface area contributed by atoms with Gasteiger partial charge in [0.2, 0.25) is 0 Å². The van der Waals surface area contributed by atoms with E-state index >= 15 is 0 Å². The first-order chi connectivity index (χ1) is 12.0. The number of hydrazone groups is 1. The first kappa shape index (κ1) is 17.1. The molecular weight excluding hydrogens is 367 g/mol. The average Bonchev–Trinajstić information content (AvgIpc) is 3.04. The lowest BCUT2D eigenvalue weighted by atomic mass is 10.1. The second kappa shape index (κ2) is 7.04. The van der Waals surface area contributed by atoms with Crippen molar-refractivity contribution in [1.29, 1.82) is 0 Å². The maximum atomic E-state index is 13.0. The number of sulfonamides is 1. The van der Waals surface area contributed by atoms with Crippen molar-refractivity contribution >= 4 is 27.8 Å².